The molecule has 8 heavy (non-hydrogen) atoms. The van der Waals surface area contributed by atoms with Gasteiger partial charge in [0.05, 0.1) is 4.58 Å². The molecule has 1 heterocycles. The average Bonchev–Trinajstić information content (AvgIpc) is 2.19. The molecule has 44 valence electrons. The van der Waals surface area contributed by atoms with Gasteiger partial charge in [0, 0.05) is 6.42 Å². The summed E-state index contributed by atoms with van der Waals surface area (Å²) in [5.41, 5.74) is 0. The van der Waals surface area contributed by atoms with Crippen molar-refractivity contribution < 1.29 is 4.79 Å². The summed E-state index contributed by atoms with van der Waals surface area (Å²) in [6, 6.07) is 0. The summed E-state index contributed by atoms with van der Waals surface area (Å²) in [5, 5.41) is 4.05. The molecule has 0 atom stereocenters. The van der Waals surface area contributed by atoms with Crippen molar-refractivity contribution in [2.45, 2.75) is 11.0 Å². The van der Waals surface area contributed by atoms with Gasteiger partial charge in [-0.3, -0.25) is 0 Å². The predicted octanol–water partition coefficient (Wildman–Crippen LogP) is 1.85. The Morgan fingerprint density at radius 3 is 2.62 bits per heavy atom. The second-order valence-electron chi connectivity index (χ2n) is 1.38. The maximum absolute atomic E-state index is 9.91. The second kappa shape index (κ2) is 3.20. The molecule has 0 saturated heterocycles. The maximum atomic E-state index is 9.91. The molecule has 0 aliphatic carbocycles. The van der Waals surface area contributed by atoms with Gasteiger partial charge in [-0.15, -0.1) is 23.5 Å². The molecular formula is C5H6OS2. The third-order valence-corrected chi connectivity index (χ3v) is 3.22. The van der Waals surface area contributed by atoms with Crippen LogP contribution in [0.1, 0.15) is 6.42 Å². The van der Waals surface area contributed by atoms with Crippen molar-refractivity contribution in [3.05, 3.63) is 10.8 Å². The predicted molar refractivity (Wildman–Crippen MR) is 38.8 cm³/mol. The van der Waals surface area contributed by atoms with E-state index in [2.05, 4.69) is 0 Å². The number of aldehydes is 1. The van der Waals surface area contributed by atoms with Crippen molar-refractivity contribution in [3.8, 4) is 0 Å². The second-order valence-corrected chi connectivity index (χ2v) is 3.90. The minimum Gasteiger partial charge on any atom is -0.303 e. The molecule has 0 aromatic heterocycles. The first-order valence-corrected chi connectivity index (χ1v) is 4.21. The first-order chi connectivity index (χ1) is 3.93. The third kappa shape index (κ3) is 1.56. The zero-order valence-electron chi connectivity index (χ0n) is 4.24. The molecular weight excluding hydrogens is 140 g/mol. The Morgan fingerprint density at radius 1 is 1.50 bits per heavy atom. The van der Waals surface area contributed by atoms with Crippen molar-refractivity contribution in [1.82, 2.24) is 0 Å². The summed E-state index contributed by atoms with van der Waals surface area (Å²) in [5.74, 6) is 0. The smallest absolute Gasteiger partial charge is 0.121 e. The molecule has 1 rings (SSSR count). The minimum absolute atomic E-state index is 0.465. The summed E-state index contributed by atoms with van der Waals surface area (Å²) in [4.78, 5) is 9.91. The van der Waals surface area contributed by atoms with E-state index >= 15 is 0 Å². The van der Waals surface area contributed by atoms with Gasteiger partial charge < -0.3 is 4.79 Å². The fourth-order valence-corrected chi connectivity index (χ4v) is 2.35. The molecule has 1 aliphatic rings. The molecule has 1 aliphatic heterocycles. The summed E-state index contributed by atoms with van der Waals surface area (Å²) < 4.78 is 0.465. The Hall–Kier alpha value is 0.110. The van der Waals surface area contributed by atoms with Crippen LogP contribution >= 0.6 is 23.5 Å². The van der Waals surface area contributed by atoms with Gasteiger partial charge in [-0.2, -0.15) is 0 Å². The number of rotatable bonds is 2. The first kappa shape index (κ1) is 6.23. The van der Waals surface area contributed by atoms with E-state index in [9.17, 15) is 4.79 Å². The molecule has 0 fully saturated rings. The Balaban J connectivity index is 2.19. The zero-order valence-corrected chi connectivity index (χ0v) is 5.87. The van der Waals surface area contributed by atoms with Gasteiger partial charge in [0.1, 0.15) is 6.29 Å². The Bertz CT molecular complexity index is 103. The number of carbonyl (C=O) groups excluding carboxylic acids is 1. The standard InChI is InChI=1S/C5H6OS2/c6-2-1-5-7-3-4-8-5/h2-5H,1H2. The van der Waals surface area contributed by atoms with E-state index < -0.39 is 0 Å². The lowest BCUT2D eigenvalue weighted by Gasteiger charge is -1.98. The van der Waals surface area contributed by atoms with Crippen LogP contribution in [0.2, 0.25) is 0 Å². The molecule has 0 radical (unpaired) electrons. The lowest BCUT2D eigenvalue weighted by Crippen LogP contribution is -1.90. The van der Waals surface area contributed by atoms with E-state index in [4.69, 9.17) is 0 Å². The van der Waals surface area contributed by atoms with Crippen LogP contribution in [0, 0.1) is 0 Å². The highest BCUT2D eigenvalue weighted by Gasteiger charge is 2.09. The van der Waals surface area contributed by atoms with Crippen molar-refractivity contribution in [2.75, 3.05) is 0 Å². The van der Waals surface area contributed by atoms with Gasteiger partial charge in [0.25, 0.3) is 0 Å². The first-order valence-electron chi connectivity index (χ1n) is 2.33. The molecule has 0 amide bonds. The summed E-state index contributed by atoms with van der Waals surface area (Å²) in [7, 11) is 0. The van der Waals surface area contributed by atoms with Crippen molar-refractivity contribution in [2.24, 2.45) is 0 Å². The van der Waals surface area contributed by atoms with Gasteiger partial charge in [-0.25, -0.2) is 0 Å². The van der Waals surface area contributed by atoms with Crippen molar-refractivity contribution in [3.63, 3.8) is 0 Å². The van der Waals surface area contributed by atoms with Gasteiger partial charge in [0.2, 0.25) is 0 Å². The Labute approximate surface area is 56.9 Å². The van der Waals surface area contributed by atoms with Gasteiger partial charge in [-0.05, 0) is 10.8 Å². The molecule has 0 N–H and O–H groups in total. The van der Waals surface area contributed by atoms with Gasteiger partial charge in [-0.1, -0.05) is 0 Å². The van der Waals surface area contributed by atoms with E-state index in [1.165, 1.54) is 0 Å². The summed E-state index contributed by atoms with van der Waals surface area (Å²) in [6.07, 6.45) is 1.64. The van der Waals surface area contributed by atoms with Crippen LogP contribution in [-0.4, -0.2) is 10.9 Å². The molecule has 0 aromatic carbocycles. The fraction of sp³-hybridized carbons (Fsp3) is 0.400. The number of hydrogen-bond acceptors (Lipinski definition) is 3. The van der Waals surface area contributed by atoms with E-state index in [0.717, 1.165) is 6.29 Å². The normalized spacial score (nSPS) is 19.5. The third-order valence-electron chi connectivity index (χ3n) is 0.805. The molecule has 0 unspecified atom stereocenters. The maximum Gasteiger partial charge on any atom is 0.121 e. The highest BCUT2D eigenvalue weighted by Crippen LogP contribution is 2.34. The highest BCUT2D eigenvalue weighted by molar-refractivity contribution is 8.22. The Kier molecular flexibility index (Phi) is 2.49. The number of carbonyl (C=O) groups is 1. The number of hydrogen-bond donors (Lipinski definition) is 0. The Morgan fingerprint density at radius 2 is 2.12 bits per heavy atom. The fourth-order valence-electron chi connectivity index (χ4n) is 0.461. The minimum atomic E-state index is 0.465. The van der Waals surface area contributed by atoms with Crippen LogP contribution in [0.25, 0.3) is 0 Å². The topological polar surface area (TPSA) is 17.1 Å². The van der Waals surface area contributed by atoms with Gasteiger partial charge in [0.15, 0.2) is 0 Å². The monoisotopic (exact) mass is 146 g/mol. The molecule has 0 aromatic rings. The van der Waals surface area contributed by atoms with Crippen molar-refractivity contribution >= 4 is 29.8 Å². The van der Waals surface area contributed by atoms with Crippen LogP contribution in [0.3, 0.4) is 0 Å². The van der Waals surface area contributed by atoms with Gasteiger partial charge >= 0.3 is 0 Å². The van der Waals surface area contributed by atoms with E-state index in [-0.39, 0.29) is 0 Å². The van der Waals surface area contributed by atoms with E-state index in [1.807, 2.05) is 10.8 Å². The van der Waals surface area contributed by atoms with Crippen LogP contribution < -0.4 is 0 Å². The van der Waals surface area contributed by atoms with Crippen LogP contribution in [-0.2, 0) is 4.79 Å². The molecule has 0 bridgehead atoms. The molecule has 0 saturated carbocycles. The largest absolute Gasteiger partial charge is 0.303 e. The average molecular weight is 146 g/mol. The quantitative estimate of drug-likeness (QED) is 0.553. The van der Waals surface area contributed by atoms with Crippen LogP contribution in [0.5, 0.6) is 0 Å². The highest BCUT2D eigenvalue weighted by atomic mass is 32.2. The molecule has 3 heteroatoms. The molecule has 1 nitrogen and oxygen atoms in total. The lowest BCUT2D eigenvalue weighted by molar-refractivity contribution is -0.107. The van der Waals surface area contributed by atoms with E-state index in [0.29, 0.717) is 11.0 Å². The molecule has 0 spiro atoms. The number of thioether (sulfide) groups is 2. The van der Waals surface area contributed by atoms with Crippen LogP contribution in [0.4, 0.5) is 0 Å². The van der Waals surface area contributed by atoms with Crippen LogP contribution in [0.15, 0.2) is 10.8 Å². The zero-order chi connectivity index (χ0) is 5.82. The SMILES string of the molecule is O=CCC1SC=CS1. The summed E-state index contributed by atoms with van der Waals surface area (Å²) >= 11 is 3.44. The summed E-state index contributed by atoms with van der Waals surface area (Å²) in [6.45, 7) is 0. The lowest BCUT2D eigenvalue weighted by atomic mass is 10.5. The van der Waals surface area contributed by atoms with Crippen molar-refractivity contribution in [1.29, 1.82) is 0 Å². The van der Waals surface area contributed by atoms with E-state index in [1.54, 1.807) is 23.5 Å².